The van der Waals surface area contributed by atoms with Gasteiger partial charge in [0.2, 0.25) is 11.8 Å². The second kappa shape index (κ2) is 6.52. The van der Waals surface area contributed by atoms with Crippen LogP contribution in [0.25, 0.3) is 0 Å². The summed E-state index contributed by atoms with van der Waals surface area (Å²) >= 11 is 0. The molecule has 1 saturated heterocycles. The first-order valence-electron chi connectivity index (χ1n) is 7.20. The fourth-order valence-corrected chi connectivity index (χ4v) is 2.68. The average molecular weight is 289 g/mol. The molecule has 2 rings (SSSR count). The molecule has 0 saturated carbocycles. The van der Waals surface area contributed by atoms with Crippen LogP contribution in [0.3, 0.4) is 0 Å². The number of unbranched alkanes of at least 4 members (excludes halogenated alkanes) is 1. The van der Waals surface area contributed by atoms with Crippen LogP contribution in [0.15, 0.2) is 30.3 Å². The topological polar surface area (TPSA) is 74.7 Å². The average Bonchev–Trinajstić information content (AvgIpc) is 2.76. The smallest absolute Gasteiger partial charge is 0.326 e. The molecule has 1 aromatic carbocycles. The zero-order chi connectivity index (χ0) is 15.4. The summed E-state index contributed by atoms with van der Waals surface area (Å²) in [7, 11) is 0. The zero-order valence-corrected chi connectivity index (χ0v) is 12.0. The first-order valence-corrected chi connectivity index (χ1v) is 7.20. The Morgan fingerprint density at radius 3 is 2.57 bits per heavy atom. The van der Waals surface area contributed by atoms with Crippen molar-refractivity contribution in [3.05, 3.63) is 35.9 Å². The maximum atomic E-state index is 12.5. The van der Waals surface area contributed by atoms with Gasteiger partial charge in [-0.15, -0.1) is 0 Å². The highest BCUT2D eigenvalue weighted by molar-refractivity contribution is 6.08. The van der Waals surface area contributed by atoms with Crippen molar-refractivity contribution >= 4 is 17.8 Å². The molecule has 0 aliphatic carbocycles. The van der Waals surface area contributed by atoms with E-state index >= 15 is 0 Å². The number of carbonyl (C=O) groups excluding carboxylic acids is 2. The van der Waals surface area contributed by atoms with E-state index in [9.17, 15) is 19.5 Å². The zero-order valence-electron chi connectivity index (χ0n) is 12.0. The number of carbonyl (C=O) groups is 3. The monoisotopic (exact) mass is 289 g/mol. The van der Waals surface area contributed by atoms with E-state index in [0.29, 0.717) is 12.8 Å². The second-order valence-corrected chi connectivity index (χ2v) is 5.27. The van der Waals surface area contributed by atoms with Crippen LogP contribution in [-0.2, 0) is 14.4 Å². The number of likely N-dealkylation sites (tertiary alicyclic amines) is 1. The van der Waals surface area contributed by atoms with Crippen LogP contribution in [0, 0.1) is 0 Å². The normalized spacial score (nSPS) is 19.9. The molecule has 0 radical (unpaired) electrons. The molecule has 1 N–H and O–H groups in total. The van der Waals surface area contributed by atoms with Gasteiger partial charge >= 0.3 is 5.97 Å². The van der Waals surface area contributed by atoms with Crippen molar-refractivity contribution in [2.24, 2.45) is 0 Å². The van der Waals surface area contributed by atoms with Crippen molar-refractivity contribution in [3.63, 3.8) is 0 Å². The van der Waals surface area contributed by atoms with Gasteiger partial charge in [-0.25, -0.2) is 4.79 Å². The highest BCUT2D eigenvalue weighted by Crippen LogP contribution is 2.31. The minimum Gasteiger partial charge on any atom is -0.480 e. The summed E-state index contributed by atoms with van der Waals surface area (Å²) in [6.07, 6.45) is 1.86. The third-order valence-electron chi connectivity index (χ3n) is 3.81. The van der Waals surface area contributed by atoms with Gasteiger partial charge in [0.05, 0.1) is 5.92 Å². The van der Waals surface area contributed by atoms with Crippen molar-refractivity contribution in [3.8, 4) is 0 Å². The Hall–Kier alpha value is -2.17. The van der Waals surface area contributed by atoms with Crippen molar-refractivity contribution in [1.82, 2.24) is 4.90 Å². The van der Waals surface area contributed by atoms with E-state index in [1.54, 1.807) is 12.1 Å². The van der Waals surface area contributed by atoms with E-state index in [1.807, 2.05) is 25.1 Å². The highest BCUT2D eigenvalue weighted by Gasteiger charge is 2.44. The Morgan fingerprint density at radius 1 is 1.33 bits per heavy atom. The molecular weight excluding hydrogens is 270 g/mol. The van der Waals surface area contributed by atoms with E-state index < -0.39 is 29.7 Å². The standard InChI is InChI=1S/C16H19NO4/c1-2-3-9-13(16(20)21)17-14(18)10-12(15(17)19)11-7-5-4-6-8-11/h4-8,12-13H,2-3,9-10H2,1H3,(H,20,21). The van der Waals surface area contributed by atoms with Gasteiger partial charge in [0.15, 0.2) is 0 Å². The molecular formula is C16H19NO4. The first-order chi connectivity index (χ1) is 10.1. The molecule has 2 atom stereocenters. The van der Waals surface area contributed by atoms with Gasteiger partial charge in [0.25, 0.3) is 0 Å². The second-order valence-electron chi connectivity index (χ2n) is 5.27. The van der Waals surface area contributed by atoms with Crippen LogP contribution in [0.2, 0.25) is 0 Å². The van der Waals surface area contributed by atoms with Crippen molar-refractivity contribution in [2.45, 2.75) is 44.6 Å². The lowest BCUT2D eigenvalue weighted by molar-refractivity contribution is -0.154. The maximum absolute atomic E-state index is 12.5. The minimum atomic E-state index is -1.11. The lowest BCUT2D eigenvalue weighted by Crippen LogP contribution is -2.45. The van der Waals surface area contributed by atoms with Gasteiger partial charge in [-0.1, -0.05) is 50.1 Å². The number of nitrogens with zero attached hydrogens (tertiary/aromatic N) is 1. The number of rotatable bonds is 6. The molecule has 0 spiro atoms. The van der Waals surface area contributed by atoms with Gasteiger partial charge < -0.3 is 5.11 Å². The Kier molecular flexibility index (Phi) is 4.73. The fraction of sp³-hybridized carbons (Fsp3) is 0.438. The van der Waals surface area contributed by atoms with Gasteiger partial charge in [-0.05, 0) is 12.0 Å². The molecule has 1 aliphatic rings. The molecule has 1 heterocycles. The molecule has 21 heavy (non-hydrogen) atoms. The summed E-state index contributed by atoms with van der Waals surface area (Å²) in [5.74, 6) is -2.45. The van der Waals surface area contributed by atoms with Gasteiger partial charge in [-0.2, -0.15) is 0 Å². The number of benzene rings is 1. The molecule has 2 amide bonds. The van der Waals surface area contributed by atoms with Crippen LogP contribution < -0.4 is 0 Å². The molecule has 0 bridgehead atoms. The number of imide groups is 1. The molecule has 1 aromatic rings. The molecule has 5 nitrogen and oxygen atoms in total. The predicted molar refractivity (Wildman–Crippen MR) is 76.6 cm³/mol. The van der Waals surface area contributed by atoms with Crippen molar-refractivity contribution in [2.75, 3.05) is 0 Å². The number of hydrogen-bond donors (Lipinski definition) is 1. The van der Waals surface area contributed by atoms with Crippen molar-refractivity contribution in [1.29, 1.82) is 0 Å². The lowest BCUT2D eigenvalue weighted by Gasteiger charge is -2.23. The molecule has 112 valence electrons. The SMILES string of the molecule is CCCCC(C(=O)O)N1C(=O)CC(c2ccccc2)C1=O. The molecule has 1 fully saturated rings. The van der Waals surface area contributed by atoms with E-state index in [4.69, 9.17) is 0 Å². The van der Waals surface area contributed by atoms with Crippen LogP contribution in [0.4, 0.5) is 0 Å². The summed E-state index contributed by atoms with van der Waals surface area (Å²) in [6, 6.07) is 7.99. The maximum Gasteiger partial charge on any atom is 0.326 e. The lowest BCUT2D eigenvalue weighted by atomic mass is 9.98. The Bertz CT molecular complexity index is 540. The largest absolute Gasteiger partial charge is 0.480 e. The molecule has 0 aromatic heterocycles. The van der Waals surface area contributed by atoms with Crippen LogP contribution in [0.1, 0.15) is 44.1 Å². The summed E-state index contributed by atoms with van der Waals surface area (Å²) in [6.45, 7) is 1.94. The first kappa shape index (κ1) is 15.2. The number of aliphatic carboxylic acids is 1. The predicted octanol–water partition coefficient (Wildman–Crippen LogP) is 2.17. The quantitative estimate of drug-likeness (QED) is 0.814. The molecule has 5 heteroatoms. The summed E-state index contributed by atoms with van der Waals surface area (Å²) in [4.78, 5) is 36.9. The summed E-state index contributed by atoms with van der Waals surface area (Å²) < 4.78 is 0. The van der Waals surface area contributed by atoms with E-state index in [-0.39, 0.29) is 6.42 Å². The minimum absolute atomic E-state index is 0.0543. The number of hydrogen-bond acceptors (Lipinski definition) is 3. The fourth-order valence-electron chi connectivity index (χ4n) is 2.68. The number of amides is 2. The summed E-state index contributed by atoms with van der Waals surface area (Å²) in [5.41, 5.74) is 0.762. The number of carboxylic acid groups (broad SMARTS) is 1. The Labute approximate surface area is 123 Å². The van der Waals surface area contributed by atoms with Crippen LogP contribution in [0.5, 0.6) is 0 Å². The number of carboxylic acids is 1. The Morgan fingerprint density at radius 2 is 2.00 bits per heavy atom. The van der Waals surface area contributed by atoms with Gasteiger partial charge in [0.1, 0.15) is 6.04 Å². The molecule has 1 aliphatic heterocycles. The van der Waals surface area contributed by atoms with Crippen molar-refractivity contribution < 1.29 is 19.5 Å². The van der Waals surface area contributed by atoms with Gasteiger partial charge in [0, 0.05) is 6.42 Å². The third kappa shape index (κ3) is 3.12. The van der Waals surface area contributed by atoms with Crippen LogP contribution in [-0.4, -0.2) is 33.8 Å². The molecule has 2 unspecified atom stereocenters. The van der Waals surface area contributed by atoms with Crippen LogP contribution >= 0.6 is 0 Å². The van der Waals surface area contributed by atoms with Gasteiger partial charge in [-0.3, -0.25) is 14.5 Å². The third-order valence-corrected chi connectivity index (χ3v) is 3.81. The van der Waals surface area contributed by atoms with E-state index in [2.05, 4.69) is 0 Å². The Balaban J connectivity index is 2.23. The van der Waals surface area contributed by atoms with E-state index in [0.717, 1.165) is 16.9 Å². The highest BCUT2D eigenvalue weighted by atomic mass is 16.4. The van der Waals surface area contributed by atoms with E-state index in [1.165, 1.54) is 0 Å². The summed E-state index contributed by atoms with van der Waals surface area (Å²) in [5, 5.41) is 9.31.